The Bertz CT molecular complexity index is 1560. The monoisotopic (exact) mass is 620 g/mol. The largest absolute Gasteiger partial charge is 0.485 e. The van der Waals surface area contributed by atoms with E-state index in [1.807, 2.05) is 6.07 Å². The van der Waals surface area contributed by atoms with Gasteiger partial charge in [0.05, 0.1) is 12.0 Å². The number of hydrogen-bond donors (Lipinski definition) is 5. The van der Waals surface area contributed by atoms with Crippen LogP contribution in [0, 0.1) is 5.92 Å². The van der Waals surface area contributed by atoms with Crippen molar-refractivity contribution in [3.8, 4) is 5.75 Å². The van der Waals surface area contributed by atoms with Crippen molar-refractivity contribution < 1.29 is 43.3 Å². The average Bonchev–Trinajstić information content (AvgIpc) is 3.00. The fourth-order valence-corrected chi connectivity index (χ4v) is 4.29. The van der Waals surface area contributed by atoms with Crippen molar-refractivity contribution in [1.29, 1.82) is 0 Å². The number of carboxylic acids is 1. The van der Waals surface area contributed by atoms with Gasteiger partial charge in [0.2, 0.25) is 11.8 Å². The molecular formula is C32H36N4O9. The molecule has 0 bridgehead atoms. The first-order valence-corrected chi connectivity index (χ1v) is 14.1. The maximum absolute atomic E-state index is 13.0. The van der Waals surface area contributed by atoms with Gasteiger partial charge in [-0.15, -0.1) is 0 Å². The number of amides is 4. The molecule has 238 valence electrons. The first kappa shape index (κ1) is 34.0. The molecule has 0 fully saturated rings. The molecule has 0 aliphatic heterocycles. The summed E-state index contributed by atoms with van der Waals surface area (Å²) >= 11 is 0. The van der Waals surface area contributed by atoms with Crippen molar-refractivity contribution in [2.45, 2.75) is 51.9 Å². The molecule has 0 heterocycles. The van der Waals surface area contributed by atoms with Gasteiger partial charge >= 0.3 is 12.1 Å². The Labute approximate surface area is 259 Å². The zero-order valence-corrected chi connectivity index (χ0v) is 25.1. The van der Waals surface area contributed by atoms with E-state index >= 15 is 0 Å². The molecule has 0 aliphatic rings. The lowest BCUT2D eigenvalue weighted by Gasteiger charge is -2.24. The highest BCUT2D eigenvalue weighted by molar-refractivity contribution is 6.01. The van der Waals surface area contributed by atoms with Crippen molar-refractivity contribution >= 4 is 46.3 Å². The molecule has 13 heteroatoms. The lowest BCUT2D eigenvalue weighted by atomic mass is 10.0. The van der Waals surface area contributed by atoms with Gasteiger partial charge in [-0.05, 0) is 41.3 Å². The number of ether oxygens (including phenoxy) is 2. The van der Waals surface area contributed by atoms with Crippen LogP contribution >= 0.6 is 0 Å². The van der Waals surface area contributed by atoms with Crippen LogP contribution in [-0.2, 0) is 30.5 Å². The van der Waals surface area contributed by atoms with E-state index in [0.717, 1.165) is 10.9 Å². The average molecular weight is 621 g/mol. The minimum Gasteiger partial charge on any atom is -0.485 e. The molecule has 0 aliphatic carbocycles. The van der Waals surface area contributed by atoms with Crippen molar-refractivity contribution in [2.75, 3.05) is 6.61 Å². The van der Waals surface area contributed by atoms with Crippen LogP contribution < -0.4 is 26.4 Å². The van der Waals surface area contributed by atoms with E-state index in [2.05, 4.69) is 16.0 Å². The van der Waals surface area contributed by atoms with Gasteiger partial charge in [0.15, 0.2) is 5.78 Å². The van der Waals surface area contributed by atoms with Crippen molar-refractivity contribution in [1.82, 2.24) is 16.0 Å². The van der Waals surface area contributed by atoms with Crippen molar-refractivity contribution in [3.05, 3.63) is 77.9 Å². The molecule has 0 aromatic heterocycles. The normalized spacial score (nSPS) is 12.8. The first-order valence-electron chi connectivity index (χ1n) is 14.1. The number of fused-ring (bicyclic) bond motifs is 1. The van der Waals surface area contributed by atoms with E-state index in [4.69, 9.17) is 15.2 Å². The fraction of sp³-hybridized carbons (Fsp3) is 0.312. The number of benzene rings is 3. The van der Waals surface area contributed by atoms with Gasteiger partial charge in [0.25, 0.3) is 5.91 Å². The van der Waals surface area contributed by atoms with E-state index in [1.165, 1.54) is 19.1 Å². The predicted octanol–water partition coefficient (Wildman–Crippen LogP) is 2.30. The molecular weight excluding hydrogens is 584 g/mol. The van der Waals surface area contributed by atoms with Crippen molar-refractivity contribution in [2.24, 2.45) is 11.7 Å². The number of carboxylic acid groups (broad SMARTS) is 1. The lowest BCUT2D eigenvalue weighted by molar-refractivity contribution is -0.141. The van der Waals surface area contributed by atoms with Gasteiger partial charge in [-0.1, -0.05) is 68.4 Å². The molecule has 0 saturated heterocycles. The smallest absolute Gasteiger partial charge is 0.408 e. The first-order chi connectivity index (χ1) is 21.3. The fourth-order valence-electron chi connectivity index (χ4n) is 4.29. The number of aliphatic carboxylic acids is 1. The zero-order valence-electron chi connectivity index (χ0n) is 25.1. The van der Waals surface area contributed by atoms with Gasteiger partial charge in [-0.3, -0.25) is 24.0 Å². The predicted molar refractivity (Wildman–Crippen MR) is 163 cm³/mol. The third-order valence-corrected chi connectivity index (χ3v) is 6.75. The Balaban J connectivity index is 1.61. The molecule has 13 nitrogen and oxygen atoms in total. The van der Waals surface area contributed by atoms with Gasteiger partial charge in [-0.2, -0.15) is 0 Å². The van der Waals surface area contributed by atoms with Crippen LogP contribution in [-0.4, -0.2) is 65.4 Å². The second kappa shape index (κ2) is 15.8. The van der Waals surface area contributed by atoms with Gasteiger partial charge in [0, 0.05) is 0 Å². The Hall–Kier alpha value is -5.46. The molecule has 0 unspecified atom stereocenters. The van der Waals surface area contributed by atoms with Gasteiger partial charge < -0.3 is 36.3 Å². The number of nitrogens with two attached hydrogens (primary N) is 1. The molecule has 0 saturated carbocycles. The number of alkyl carbamates (subject to hydrolysis) is 1. The number of primary amides is 1. The van der Waals surface area contributed by atoms with E-state index in [-0.39, 0.29) is 23.8 Å². The standard InChI is InChI=1S/C32H36N4O9/c1-18(2)28(36-32(43)45-16-20-9-5-4-6-10-20)31(42)34-19(3)30(41)35-24(15-27(38)39)25(37)17-44-26-14-22-12-8-7-11-21(22)13-23(26)29(33)40/h4-14,18-19,24,28H,15-17H2,1-3H3,(H2,33,40)(H,34,42)(H,35,41)(H,36,43)(H,38,39)/t19-,24-,28-/m0/s1. The van der Waals surface area contributed by atoms with Gasteiger partial charge in [-0.25, -0.2) is 4.79 Å². The maximum atomic E-state index is 13.0. The second-order valence-corrected chi connectivity index (χ2v) is 10.6. The zero-order chi connectivity index (χ0) is 33.1. The van der Waals surface area contributed by atoms with Crippen LogP contribution in [0.5, 0.6) is 5.75 Å². The summed E-state index contributed by atoms with van der Waals surface area (Å²) in [5.41, 5.74) is 6.26. The van der Waals surface area contributed by atoms with E-state index in [0.29, 0.717) is 5.39 Å². The van der Waals surface area contributed by atoms with Crippen LogP contribution in [0.15, 0.2) is 66.7 Å². The number of Topliss-reactive ketones (excluding diaryl/α,β-unsaturated/α-hetero) is 1. The highest BCUT2D eigenvalue weighted by atomic mass is 16.5. The summed E-state index contributed by atoms with van der Waals surface area (Å²) in [6.45, 7) is 4.03. The van der Waals surface area contributed by atoms with Crippen LogP contribution in [0.25, 0.3) is 10.8 Å². The summed E-state index contributed by atoms with van der Waals surface area (Å²) in [4.78, 5) is 74.7. The minimum atomic E-state index is -1.51. The van der Waals surface area contributed by atoms with Crippen LogP contribution in [0.1, 0.15) is 43.1 Å². The summed E-state index contributed by atoms with van der Waals surface area (Å²) < 4.78 is 10.7. The van der Waals surface area contributed by atoms with Gasteiger partial charge in [0.1, 0.15) is 37.1 Å². The van der Waals surface area contributed by atoms with E-state index in [9.17, 15) is 33.9 Å². The highest BCUT2D eigenvalue weighted by Gasteiger charge is 2.30. The molecule has 0 spiro atoms. The summed E-state index contributed by atoms with van der Waals surface area (Å²) in [7, 11) is 0. The molecule has 45 heavy (non-hydrogen) atoms. The lowest BCUT2D eigenvalue weighted by Crippen LogP contribution is -2.56. The molecule has 3 aromatic rings. The minimum absolute atomic E-state index is 0.00860. The number of carbonyl (C=O) groups is 6. The highest BCUT2D eigenvalue weighted by Crippen LogP contribution is 2.26. The molecule has 4 amide bonds. The number of nitrogens with one attached hydrogen (secondary N) is 3. The van der Waals surface area contributed by atoms with Crippen LogP contribution in [0.2, 0.25) is 0 Å². The summed E-state index contributed by atoms with van der Waals surface area (Å²) in [6, 6.07) is 15.3. The van der Waals surface area contributed by atoms with E-state index in [1.54, 1.807) is 62.4 Å². The van der Waals surface area contributed by atoms with E-state index < -0.39 is 66.7 Å². The maximum Gasteiger partial charge on any atom is 0.408 e. The second-order valence-electron chi connectivity index (χ2n) is 10.6. The molecule has 3 atom stereocenters. The Morgan fingerprint density at radius 1 is 0.822 bits per heavy atom. The third kappa shape index (κ3) is 10.1. The summed E-state index contributed by atoms with van der Waals surface area (Å²) in [5, 5.41) is 18.1. The molecule has 6 N–H and O–H groups in total. The molecule has 0 radical (unpaired) electrons. The Kier molecular flexibility index (Phi) is 12.0. The summed E-state index contributed by atoms with van der Waals surface area (Å²) in [5.74, 6) is -4.86. The molecule has 3 aromatic carbocycles. The summed E-state index contributed by atoms with van der Waals surface area (Å²) in [6.07, 6.45) is -1.60. The SMILES string of the molecule is CC(C)[C@H](NC(=O)OCc1ccccc1)C(=O)N[C@@H](C)C(=O)N[C@@H](CC(=O)O)C(=O)COc1cc2ccccc2cc1C(N)=O. The number of hydrogen-bond acceptors (Lipinski definition) is 8. The Morgan fingerprint density at radius 2 is 1.44 bits per heavy atom. The number of rotatable bonds is 15. The quantitative estimate of drug-likeness (QED) is 0.169. The molecule has 3 rings (SSSR count). The van der Waals surface area contributed by atoms with Crippen LogP contribution in [0.3, 0.4) is 0 Å². The topological polar surface area (TPSA) is 203 Å². The third-order valence-electron chi connectivity index (χ3n) is 6.75. The Morgan fingerprint density at radius 3 is 2.04 bits per heavy atom. The number of ketones is 1. The van der Waals surface area contributed by atoms with Crippen molar-refractivity contribution in [3.63, 3.8) is 0 Å². The number of carbonyl (C=O) groups excluding carboxylic acids is 5. The van der Waals surface area contributed by atoms with Crippen LogP contribution in [0.4, 0.5) is 4.79 Å².